The summed E-state index contributed by atoms with van der Waals surface area (Å²) in [5.74, 6) is 0. The molecule has 0 saturated heterocycles. The first kappa shape index (κ1) is 10.7. The van der Waals surface area contributed by atoms with Gasteiger partial charge >= 0.3 is 0 Å². The van der Waals surface area contributed by atoms with Crippen molar-refractivity contribution >= 4 is 27.2 Å². The van der Waals surface area contributed by atoms with Gasteiger partial charge in [0, 0.05) is 23.2 Å². The zero-order valence-electron chi connectivity index (χ0n) is 8.83. The largest absolute Gasteiger partial charge is 0.398 e. The fourth-order valence-corrected chi connectivity index (χ4v) is 2.14. The maximum absolute atomic E-state index is 5.77. The van der Waals surface area contributed by atoms with Crippen LogP contribution in [0.25, 0.3) is 5.57 Å². The molecule has 0 saturated carbocycles. The summed E-state index contributed by atoms with van der Waals surface area (Å²) in [4.78, 5) is 2.32. The highest BCUT2D eigenvalue weighted by atomic mass is 79.9. The van der Waals surface area contributed by atoms with E-state index in [1.54, 1.807) is 0 Å². The molecule has 1 aliphatic heterocycles. The molecule has 0 atom stereocenters. The van der Waals surface area contributed by atoms with Gasteiger partial charge in [-0.05, 0) is 52.7 Å². The lowest BCUT2D eigenvalue weighted by Crippen LogP contribution is -2.23. The number of rotatable bonds is 1. The quantitative estimate of drug-likeness (QED) is 0.793. The number of halogens is 1. The van der Waals surface area contributed by atoms with Crippen LogP contribution in [-0.2, 0) is 0 Å². The highest BCUT2D eigenvalue weighted by Crippen LogP contribution is 2.27. The van der Waals surface area contributed by atoms with Crippen LogP contribution in [0.2, 0.25) is 0 Å². The van der Waals surface area contributed by atoms with Crippen molar-refractivity contribution in [3.8, 4) is 0 Å². The van der Waals surface area contributed by atoms with E-state index in [1.165, 1.54) is 11.1 Å². The molecule has 2 rings (SSSR count). The summed E-state index contributed by atoms with van der Waals surface area (Å²) in [6, 6.07) is 6.16. The minimum absolute atomic E-state index is 0.798. The van der Waals surface area contributed by atoms with Crippen LogP contribution in [0, 0.1) is 0 Å². The van der Waals surface area contributed by atoms with Gasteiger partial charge in [0.2, 0.25) is 0 Å². The lowest BCUT2D eigenvalue weighted by Gasteiger charge is -2.22. The molecule has 80 valence electrons. The summed E-state index contributed by atoms with van der Waals surface area (Å²) in [6.45, 7) is 2.17. The molecule has 3 heteroatoms. The Kier molecular flexibility index (Phi) is 3.12. The van der Waals surface area contributed by atoms with Crippen molar-refractivity contribution in [2.75, 3.05) is 25.9 Å². The van der Waals surface area contributed by atoms with Crippen molar-refractivity contribution in [2.24, 2.45) is 0 Å². The van der Waals surface area contributed by atoms with Crippen molar-refractivity contribution in [2.45, 2.75) is 6.42 Å². The molecule has 0 radical (unpaired) electrons. The lowest BCUT2D eigenvalue weighted by molar-refractivity contribution is 0.370. The van der Waals surface area contributed by atoms with E-state index in [1.807, 2.05) is 6.07 Å². The van der Waals surface area contributed by atoms with Crippen LogP contribution < -0.4 is 5.73 Å². The van der Waals surface area contributed by atoms with Gasteiger partial charge in [-0.2, -0.15) is 0 Å². The molecule has 1 aliphatic rings. The van der Waals surface area contributed by atoms with Crippen molar-refractivity contribution in [3.05, 3.63) is 34.3 Å². The van der Waals surface area contributed by atoms with Gasteiger partial charge in [-0.3, -0.25) is 0 Å². The molecular formula is C12H15BrN2. The molecule has 0 bridgehead atoms. The van der Waals surface area contributed by atoms with Gasteiger partial charge in [-0.15, -0.1) is 0 Å². The molecule has 0 spiro atoms. The maximum atomic E-state index is 5.77. The molecule has 0 aromatic heterocycles. The molecular weight excluding hydrogens is 252 g/mol. The van der Waals surface area contributed by atoms with Crippen molar-refractivity contribution in [1.82, 2.24) is 4.90 Å². The second-order valence-corrected chi connectivity index (χ2v) is 4.83. The summed E-state index contributed by atoms with van der Waals surface area (Å²) < 4.78 is 0.986. The smallest absolute Gasteiger partial charge is 0.0458 e. The Labute approximate surface area is 98.9 Å². The van der Waals surface area contributed by atoms with Crippen LogP contribution in [0.4, 0.5) is 5.69 Å². The van der Waals surface area contributed by atoms with Gasteiger partial charge in [0.25, 0.3) is 0 Å². The molecule has 0 amide bonds. The predicted octanol–water partition coefficient (Wildman–Crippen LogP) is 2.75. The summed E-state index contributed by atoms with van der Waals surface area (Å²) >= 11 is 3.46. The summed E-state index contributed by atoms with van der Waals surface area (Å²) in [5, 5.41) is 0. The number of hydrogen-bond donors (Lipinski definition) is 1. The van der Waals surface area contributed by atoms with Gasteiger partial charge in [-0.25, -0.2) is 0 Å². The van der Waals surface area contributed by atoms with E-state index >= 15 is 0 Å². The van der Waals surface area contributed by atoms with E-state index in [9.17, 15) is 0 Å². The molecule has 1 heterocycles. The van der Waals surface area contributed by atoms with E-state index in [2.05, 4.69) is 46.1 Å². The first-order valence-corrected chi connectivity index (χ1v) is 5.89. The van der Waals surface area contributed by atoms with Crippen LogP contribution in [0.3, 0.4) is 0 Å². The molecule has 1 aromatic carbocycles. The molecule has 0 aliphatic carbocycles. The fraction of sp³-hybridized carbons (Fsp3) is 0.333. The van der Waals surface area contributed by atoms with Crippen LogP contribution >= 0.6 is 15.9 Å². The monoisotopic (exact) mass is 266 g/mol. The number of anilines is 1. The van der Waals surface area contributed by atoms with Gasteiger partial charge in [0.1, 0.15) is 0 Å². The fourth-order valence-electron chi connectivity index (χ4n) is 1.76. The third-order valence-corrected chi connectivity index (χ3v) is 3.47. The Morgan fingerprint density at radius 1 is 1.40 bits per heavy atom. The Bertz CT molecular complexity index is 399. The Balaban J connectivity index is 2.26. The van der Waals surface area contributed by atoms with Gasteiger partial charge in [0.15, 0.2) is 0 Å². The molecule has 15 heavy (non-hydrogen) atoms. The minimum Gasteiger partial charge on any atom is -0.398 e. The molecule has 2 nitrogen and oxygen atoms in total. The number of nitrogen functional groups attached to an aromatic ring is 1. The third-order valence-electron chi connectivity index (χ3n) is 2.78. The zero-order chi connectivity index (χ0) is 10.8. The van der Waals surface area contributed by atoms with Crippen LogP contribution in [-0.4, -0.2) is 25.0 Å². The maximum Gasteiger partial charge on any atom is 0.0458 e. The van der Waals surface area contributed by atoms with Crippen molar-refractivity contribution < 1.29 is 0 Å². The highest BCUT2D eigenvalue weighted by molar-refractivity contribution is 9.10. The number of benzene rings is 1. The van der Waals surface area contributed by atoms with E-state index in [-0.39, 0.29) is 0 Å². The van der Waals surface area contributed by atoms with Gasteiger partial charge in [0.05, 0.1) is 0 Å². The minimum atomic E-state index is 0.798. The van der Waals surface area contributed by atoms with Crippen molar-refractivity contribution in [1.29, 1.82) is 0 Å². The normalized spacial score (nSPS) is 17.6. The highest BCUT2D eigenvalue weighted by Gasteiger charge is 2.10. The molecule has 0 fully saturated rings. The Morgan fingerprint density at radius 3 is 2.80 bits per heavy atom. The SMILES string of the molecule is CN1CC=C(c2ccc(N)c(Br)c2)CC1. The summed E-state index contributed by atoms with van der Waals surface area (Å²) in [7, 11) is 2.15. The summed E-state index contributed by atoms with van der Waals surface area (Å²) in [5.41, 5.74) is 9.27. The number of likely N-dealkylation sites (N-methyl/N-ethyl adjacent to an activating group) is 1. The van der Waals surface area contributed by atoms with E-state index < -0.39 is 0 Å². The number of nitrogens with two attached hydrogens (primary N) is 1. The Morgan fingerprint density at radius 2 is 2.20 bits per heavy atom. The van der Waals surface area contributed by atoms with Gasteiger partial charge in [-0.1, -0.05) is 12.1 Å². The topological polar surface area (TPSA) is 29.3 Å². The first-order chi connectivity index (χ1) is 7.16. The van der Waals surface area contributed by atoms with Crippen LogP contribution in [0.5, 0.6) is 0 Å². The second kappa shape index (κ2) is 4.37. The second-order valence-electron chi connectivity index (χ2n) is 3.98. The lowest BCUT2D eigenvalue weighted by atomic mass is 9.99. The Hall–Kier alpha value is -0.800. The van der Waals surface area contributed by atoms with E-state index in [0.29, 0.717) is 0 Å². The predicted molar refractivity (Wildman–Crippen MR) is 68.6 cm³/mol. The molecule has 1 aromatic rings. The zero-order valence-corrected chi connectivity index (χ0v) is 10.4. The first-order valence-electron chi connectivity index (χ1n) is 5.10. The average Bonchev–Trinajstić information content (AvgIpc) is 2.23. The van der Waals surface area contributed by atoms with Crippen molar-refractivity contribution in [3.63, 3.8) is 0 Å². The average molecular weight is 267 g/mol. The van der Waals surface area contributed by atoms with Gasteiger partial charge < -0.3 is 10.6 Å². The number of hydrogen-bond acceptors (Lipinski definition) is 2. The number of nitrogens with zero attached hydrogens (tertiary/aromatic N) is 1. The van der Waals surface area contributed by atoms with E-state index in [4.69, 9.17) is 5.73 Å². The summed E-state index contributed by atoms with van der Waals surface area (Å²) in [6.07, 6.45) is 3.41. The van der Waals surface area contributed by atoms with Crippen LogP contribution in [0.15, 0.2) is 28.7 Å². The van der Waals surface area contributed by atoms with E-state index in [0.717, 1.165) is 29.7 Å². The molecule has 2 N–H and O–H groups in total. The van der Waals surface area contributed by atoms with Crippen LogP contribution in [0.1, 0.15) is 12.0 Å². The standard InChI is InChI=1S/C12H15BrN2/c1-15-6-4-9(5-7-15)10-2-3-12(14)11(13)8-10/h2-4,8H,5-7,14H2,1H3. The third kappa shape index (κ3) is 2.41. The molecule has 0 unspecified atom stereocenters.